The van der Waals surface area contributed by atoms with Crippen LogP contribution in [0.1, 0.15) is 22.5 Å². The highest BCUT2D eigenvalue weighted by Gasteiger charge is 2.08. The number of amides is 2. The van der Waals surface area contributed by atoms with Crippen LogP contribution in [0.25, 0.3) is 5.69 Å². The second-order valence-electron chi connectivity index (χ2n) is 5.72. The summed E-state index contributed by atoms with van der Waals surface area (Å²) in [5, 5.41) is 9.58. The van der Waals surface area contributed by atoms with Crippen molar-refractivity contribution in [1.29, 1.82) is 0 Å². The van der Waals surface area contributed by atoms with Crippen molar-refractivity contribution >= 4 is 17.6 Å². The number of benzene rings is 1. The average molecular weight is 349 g/mol. The summed E-state index contributed by atoms with van der Waals surface area (Å²) in [5.74, 6) is 0.0893. The number of nitrogens with zero attached hydrogens (tertiary/aromatic N) is 3. The lowest BCUT2D eigenvalue weighted by Gasteiger charge is -2.07. The van der Waals surface area contributed by atoms with E-state index >= 15 is 0 Å². The third-order valence-electron chi connectivity index (χ3n) is 3.69. The zero-order valence-corrected chi connectivity index (χ0v) is 14.3. The molecule has 0 fully saturated rings. The first-order valence-corrected chi connectivity index (χ1v) is 8.23. The minimum atomic E-state index is -0.224. The molecule has 2 aromatic heterocycles. The lowest BCUT2D eigenvalue weighted by Crippen LogP contribution is -2.27. The Kier molecular flexibility index (Phi) is 5.38. The van der Waals surface area contributed by atoms with Crippen LogP contribution in [0.15, 0.2) is 60.9 Å². The monoisotopic (exact) mass is 349 g/mol. The molecule has 0 aliphatic heterocycles. The maximum Gasteiger partial charge on any atom is 0.251 e. The Morgan fingerprint density at radius 2 is 1.88 bits per heavy atom. The smallest absolute Gasteiger partial charge is 0.251 e. The van der Waals surface area contributed by atoms with Gasteiger partial charge in [-0.1, -0.05) is 6.07 Å². The largest absolute Gasteiger partial charge is 0.352 e. The Labute approximate surface area is 151 Å². The number of aryl methyl sites for hydroxylation is 1. The van der Waals surface area contributed by atoms with Crippen molar-refractivity contribution < 1.29 is 9.59 Å². The Hall–Kier alpha value is -3.48. The Bertz CT molecular complexity index is 889. The van der Waals surface area contributed by atoms with Crippen LogP contribution >= 0.6 is 0 Å². The number of rotatable bonds is 6. The Balaban J connectivity index is 1.47. The van der Waals surface area contributed by atoms with Gasteiger partial charge in [-0.2, -0.15) is 5.10 Å². The third-order valence-corrected chi connectivity index (χ3v) is 3.69. The number of carbonyl (C=O) groups excluding carboxylic acids is 2. The summed E-state index contributed by atoms with van der Waals surface area (Å²) in [6.07, 6.45) is 3.70. The van der Waals surface area contributed by atoms with Gasteiger partial charge in [-0.25, -0.2) is 9.67 Å². The van der Waals surface area contributed by atoms with Crippen LogP contribution in [0.5, 0.6) is 0 Å². The Morgan fingerprint density at radius 1 is 1.08 bits per heavy atom. The summed E-state index contributed by atoms with van der Waals surface area (Å²) in [4.78, 5) is 28.3. The number of hydrogen-bond acceptors (Lipinski definition) is 4. The fourth-order valence-corrected chi connectivity index (χ4v) is 2.40. The molecular formula is C19H19N5O2. The van der Waals surface area contributed by atoms with Gasteiger partial charge in [0, 0.05) is 36.6 Å². The highest BCUT2D eigenvalue weighted by molar-refractivity contribution is 5.95. The molecule has 132 valence electrons. The predicted molar refractivity (Wildman–Crippen MR) is 98.1 cm³/mol. The van der Waals surface area contributed by atoms with Crippen molar-refractivity contribution in [2.45, 2.75) is 13.3 Å². The number of anilines is 1. The molecule has 0 radical (unpaired) electrons. The van der Waals surface area contributed by atoms with Gasteiger partial charge in [-0.15, -0.1) is 0 Å². The van der Waals surface area contributed by atoms with E-state index in [0.29, 0.717) is 11.4 Å². The zero-order chi connectivity index (χ0) is 18.4. The van der Waals surface area contributed by atoms with Gasteiger partial charge in [-0.3, -0.25) is 9.59 Å². The van der Waals surface area contributed by atoms with Crippen LogP contribution in [0.3, 0.4) is 0 Å². The van der Waals surface area contributed by atoms with Crippen molar-refractivity contribution in [2.24, 2.45) is 0 Å². The number of nitrogens with one attached hydrogen (secondary N) is 2. The number of aromatic nitrogens is 3. The standard InChI is InChI=1S/C19H19N5O2/c1-14-4-2-5-17(22-14)23-18(25)10-12-20-19(26)15-6-8-16(9-7-15)24-13-3-11-21-24/h2-9,11,13H,10,12H2,1H3,(H,20,26)(H,22,23,25). The summed E-state index contributed by atoms with van der Waals surface area (Å²) >= 11 is 0. The number of hydrogen-bond donors (Lipinski definition) is 2. The summed E-state index contributed by atoms with van der Waals surface area (Å²) in [5.41, 5.74) is 2.23. The highest BCUT2D eigenvalue weighted by Crippen LogP contribution is 2.08. The SMILES string of the molecule is Cc1cccc(NC(=O)CCNC(=O)c2ccc(-n3cccn3)cc2)n1. The minimum Gasteiger partial charge on any atom is -0.352 e. The molecule has 0 saturated carbocycles. The first-order valence-electron chi connectivity index (χ1n) is 8.23. The molecule has 0 spiro atoms. The summed E-state index contributed by atoms with van der Waals surface area (Å²) < 4.78 is 1.71. The summed E-state index contributed by atoms with van der Waals surface area (Å²) in [6.45, 7) is 2.10. The van der Waals surface area contributed by atoms with Gasteiger partial charge in [0.05, 0.1) is 5.69 Å². The van der Waals surface area contributed by atoms with E-state index in [0.717, 1.165) is 11.4 Å². The molecule has 26 heavy (non-hydrogen) atoms. The molecule has 7 heteroatoms. The fraction of sp³-hybridized carbons (Fsp3) is 0.158. The number of carbonyl (C=O) groups is 2. The lowest BCUT2D eigenvalue weighted by atomic mass is 10.2. The molecule has 0 aliphatic carbocycles. The van der Waals surface area contributed by atoms with Crippen molar-refractivity contribution in [3.8, 4) is 5.69 Å². The molecule has 0 aliphatic rings. The normalized spacial score (nSPS) is 10.3. The van der Waals surface area contributed by atoms with Gasteiger partial charge in [0.1, 0.15) is 5.82 Å². The maximum absolute atomic E-state index is 12.1. The molecule has 2 amide bonds. The number of pyridine rings is 1. The van der Waals surface area contributed by atoms with Gasteiger partial charge >= 0.3 is 0 Å². The van der Waals surface area contributed by atoms with E-state index in [1.54, 1.807) is 29.1 Å². The molecule has 2 N–H and O–H groups in total. The van der Waals surface area contributed by atoms with E-state index in [9.17, 15) is 9.59 Å². The predicted octanol–water partition coefficient (Wildman–Crippen LogP) is 2.33. The molecule has 3 aromatic rings. The van der Waals surface area contributed by atoms with Gasteiger partial charge < -0.3 is 10.6 Å². The van der Waals surface area contributed by atoms with E-state index in [2.05, 4.69) is 20.7 Å². The first-order chi connectivity index (χ1) is 12.6. The molecule has 1 aromatic carbocycles. The van der Waals surface area contributed by atoms with Gasteiger partial charge in [0.15, 0.2) is 0 Å². The second kappa shape index (κ2) is 8.06. The van der Waals surface area contributed by atoms with E-state index in [-0.39, 0.29) is 24.8 Å². The van der Waals surface area contributed by atoms with Crippen LogP contribution in [-0.2, 0) is 4.79 Å². The Morgan fingerprint density at radius 3 is 2.58 bits per heavy atom. The maximum atomic E-state index is 12.1. The van der Waals surface area contributed by atoms with Gasteiger partial charge in [0.25, 0.3) is 5.91 Å². The molecule has 7 nitrogen and oxygen atoms in total. The molecule has 2 heterocycles. The van der Waals surface area contributed by atoms with E-state index in [1.807, 2.05) is 43.5 Å². The van der Waals surface area contributed by atoms with Crippen LogP contribution in [0, 0.1) is 6.92 Å². The van der Waals surface area contributed by atoms with E-state index < -0.39 is 0 Å². The van der Waals surface area contributed by atoms with Crippen molar-refractivity contribution in [3.63, 3.8) is 0 Å². The van der Waals surface area contributed by atoms with Crippen LogP contribution in [-0.4, -0.2) is 33.1 Å². The molecule has 0 saturated heterocycles. The lowest BCUT2D eigenvalue weighted by molar-refractivity contribution is -0.116. The molecule has 0 bridgehead atoms. The third kappa shape index (κ3) is 4.54. The van der Waals surface area contributed by atoms with Crippen LogP contribution in [0.4, 0.5) is 5.82 Å². The zero-order valence-electron chi connectivity index (χ0n) is 14.3. The highest BCUT2D eigenvalue weighted by atomic mass is 16.2. The molecule has 0 atom stereocenters. The van der Waals surface area contributed by atoms with E-state index in [4.69, 9.17) is 0 Å². The van der Waals surface area contributed by atoms with E-state index in [1.165, 1.54) is 0 Å². The fourth-order valence-electron chi connectivity index (χ4n) is 2.40. The quantitative estimate of drug-likeness (QED) is 0.715. The summed E-state index contributed by atoms with van der Waals surface area (Å²) in [7, 11) is 0. The second-order valence-corrected chi connectivity index (χ2v) is 5.72. The van der Waals surface area contributed by atoms with Crippen LogP contribution in [0.2, 0.25) is 0 Å². The summed E-state index contributed by atoms with van der Waals surface area (Å²) in [6, 6.07) is 14.3. The average Bonchev–Trinajstić information content (AvgIpc) is 3.16. The topological polar surface area (TPSA) is 88.9 Å². The molecular weight excluding hydrogens is 330 g/mol. The minimum absolute atomic E-state index is 0.173. The van der Waals surface area contributed by atoms with Gasteiger partial charge in [-0.05, 0) is 49.4 Å². The van der Waals surface area contributed by atoms with Crippen LogP contribution < -0.4 is 10.6 Å². The first kappa shape index (κ1) is 17.3. The van der Waals surface area contributed by atoms with Crippen molar-refractivity contribution in [1.82, 2.24) is 20.1 Å². The van der Waals surface area contributed by atoms with Gasteiger partial charge in [0.2, 0.25) is 5.91 Å². The molecule has 0 unspecified atom stereocenters. The van der Waals surface area contributed by atoms with Crippen molar-refractivity contribution in [2.75, 3.05) is 11.9 Å². The van der Waals surface area contributed by atoms with Crippen molar-refractivity contribution in [3.05, 3.63) is 72.2 Å². The molecule has 3 rings (SSSR count).